The summed E-state index contributed by atoms with van der Waals surface area (Å²) in [5, 5.41) is 0. The number of allylic oxidation sites excluding steroid dienone is 2. The number of anilines is 1. The predicted octanol–water partition coefficient (Wildman–Crippen LogP) is 4.03. The first kappa shape index (κ1) is 20.2. The second-order valence-corrected chi connectivity index (χ2v) is 6.87. The van der Waals surface area contributed by atoms with Gasteiger partial charge in [-0.2, -0.15) is 0 Å². The number of nitrogens with zero attached hydrogens (tertiary/aromatic N) is 2. The highest BCUT2D eigenvalue weighted by molar-refractivity contribution is 6.05. The molecule has 156 valence electrons. The number of aromatic nitrogens is 2. The second-order valence-electron chi connectivity index (χ2n) is 6.87. The number of H-pyrrole nitrogens is 1. The molecule has 7 heteroatoms. The molecule has 2 aromatic carbocycles. The Labute approximate surface area is 179 Å². The van der Waals surface area contributed by atoms with Crippen molar-refractivity contribution in [2.24, 2.45) is 0 Å². The number of benzene rings is 2. The lowest BCUT2D eigenvalue weighted by atomic mass is 10.0. The van der Waals surface area contributed by atoms with Crippen LogP contribution in [0.2, 0.25) is 0 Å². The van der Waals surface area contributed by atoms with Gasteiger partial charge in [-0.05, 0) is 42.8 Å². The molecule has 31 heavy (non-hydrogen) atoms. The van der Waals surface area contributed by atoms with Crippen molar-refractivity contribution in [1.29, 1.82) is 0 Å². The van der Waals surface area contributed by atoms with Gasteiger partial charge in [0.1, 0.15) is 11.5 Å². The highest BCUT2D eigenvalue weighted by Gasteiger charge is 2.28. The van der Waals surface area contributed by atoms with Crippen molar-refractivity contribution in [2.45, 2.75) is 6.92 Å². The van der Waals surface area contributed by atoms with E-state index in [9.17, 15) is 9.59 Å². The van der Waals surface area contributed by atoms with Crippen LogP contribution in [0.15, 0.2) is 78.2 Å². The summed E-state index contributed by atoms with van der Waals surface area (Å²) in [5.74, 6) is -0.559. The number of carbonyl (C=O) groups excluding carboxylic acids is 2. The summed E-state index contributed by atoms with van der Waals surface area (Å²) < 4.78 is 9.87. The summed E-state index contributed by atoms with van der Waals surface area (Å²) >= 11 is 0. The minimum Gasteiger partial charge on any atom is -0.465 e. The third-order valence-corrected chi connectivity index (χ3v) is 5.10. The maximum Gasteiger partial charge on any atom is 0.355 e. The van der Waals surface area contributed by atoms with Crippen LogP contribution in [-0.4, -0.2) is 36.1 Å². The molecule has 4 rings (SSSR count). The number of esters is 2. The number of ether oxygens (including phenoxy) is 2. The van der Waals surface area contributed by atoms with Gasteiger partial charge in [0.15, 0.2) is 0 Å². The summed E-state index contributed by atoms with van der Waals surface area (Å²) in [4.78, 5) is 34.8. The first-order valence-corrected chi connectivity index (χ1v) is 9.65. The van der Waals surface area contributed by atoms with Gasteiger partial charge >= 0.3 is 11.9 Å². The molecule has 0 aliphatic carbocycles. The van der Waals surface area contributed by atoms with Crippen LogP contribution in [0.4, 0.5) is 5.69 Å². The molecule has 2 heterocycles. The monoisotopic (exact) mass is 415 g/mol. The van der Waals surface area contributed by atoms with Crippen LogP contribution in [0.25, 0.3) is 22.4 Å². The van der Waals surface area contributed by atoms with E-state index in [1.807, 2.05) is 49.4 Å². The van der Waals surface area contributed by atoms with Crippen LogP contribution in [0.5, 0.6) is 0 Å². The minimum absolute atomic E-state index is 0.0733. The Kier molecular flexibility index (Phi) is 5.41. The van der Waals surface area contributed by atoms with E-state index in [-0.39, 0.29) is 11.3 Å². The Morgan fingerprint density at radius 3 is 2.48 bits per heavy atom. The Morgan fingerprint density at radius 2 is 1.74 bits per heavy atom. The fourth-order valence-electron chi connectivity index (χ4n) is 3.57. The Bertz CT molecular complexity index is 1230. The van der Waals surface area contributed by atoms with Crippen LogP contribution < -0.4 is 4.90 Å². The van der Waals surface area contributed by atoms with Crippen LogP contribution in [0.3, 0.4) is 0 Å². The van der Waals surface area contributed by atoms with Crippen LogP contribution in [0.1, 0.15) is 5.56 Å². The molecule has 1 aromatic heterocycles. The fraction of sp³-hybridized carbons (Fsp3) is 0.125. The molecule has 0 saturated carbocycles. The summed E-state index contributed by atoms with van der Waals surface area (Å²) in [5.41, 5.74) is 4.44. The average Bonchev–Trinajstić information content (AvgIpc) is 3.10. The van der Waals surface area contributed by atoms with E-state index in [0.29, 0.717) is 11.5 Å². The summed E-state index contributed by atoms with van der Waals surface area (Å²) in [6.07, 6.45) is 6.66. The molecular weight excluding hydrogens is 394 g/mol. The second kappa shape index (κ2) is 8.31. The lowest BCUT2D eigenvalue weighted by Crippen LogP contribution is -2.27. The normalized spacial score (nSPS) is 13.5. The number of aromatic amines is 1. The molecule has 0 radical (unpaired) electrons. The SMILES string of the molecule is COC(=O)C1=C(C(=O)OC)N(c2cccc(-c3nc4ccccc4[nH]3)c2C)C=CC=C1. The molecule has 1 aliphatic rings. The van der Waals surface area contributed by atoms with Crippen molar-refractivity contribution in [2.75, 3.05) is 19.1 Å². The molecular formula is C24H21N3O4. The lowest BCUT2D eigenvalue weighted by molar-refractivity contribution is -0.139. The number of hydrogen-bond acceptors (Lipinski definition) is 6. The summed E-state index contributed by atoms with van der Waals surface area (Å²) in [7, 11) is 2.55. The molecule has 0 unspecified atom stereocenters. The van der Waals surface area contributed by atoms with E-state index in [4.69, 9.17) is 14.5 Å². The van der Waals surface area contributed by atoms with Gasteiger partial charge < -0.3 is 19.4 Å². The number of imidazole rings is 1. The molecule has 0 bridgehead atoms. The van der Waals surface area contributed by atoms with Gasteiger partial charge in [0.25, 0.3) is 0 Å². The number of methoxy groups -OCH3 is 2. The number of para-hydroxylation sites is 2. The van der Waals surface area contributed by atoms with Crippen LogP contribution in [-0.2, 0) is 19.1 Å². The van der Waals surface area contributed by atoms with E-state index in [1.54, 1.807) is 23.3 Å². The molecule has 1 N–H and O–H groups in total. The van der Waals surface area contributed by atoms with Gasteiger partial charge in [-0.25, -0.2) is 14.6 Å². The molecule has 1 aliphatic heterocycles. The minimum atomic E-state index is -0.648. The van der Waals surface area contributed by atoms with Gasteiger partial charge in [0.2, 0.25) is 0 Å². The van der Waals surface area contributed by atoms with Crippen molar-refractivity contribution >= 4 is 28.7 Å². The van der Waals surface area contributed by atoms with Crippen molar-refractivity contribution in [3.05, 3.63) is 83.7 Å². The molecule has 3 aromatic rings. The van der Waals surface area contributed by atoms with Gasteiger partial charge in [-0.1, -0.05) is 30.3 Å². The molecule has 0 spiro atoms. The molecule has 7 nitrogen and oxygen atoms in total. The largest absolute Gasteiger partial charge is 0.465 e. The number of rotatable bonds is 4. The van der Waals surface area contributed by atoms with Gasteiger partial charge in [0, 0.05) is 17.5 Å². The number of hydrogen-bond donors (Lipinski definition) is 1. The average molecular weight is 415 g/mol. The third kappa shape index (κ3) is 3.61. The topological polar surface area (TPSA) is 84.5 Å². The Balaban J connectivity index is 1.89. The predicted molar refractivity (Wildman–Crippen MR) is 118 cm³/mol. The number of carbonyl (C=O) groups is 2. The van der Waals surface area contributed by atoms with Crippen molar-refractivity contribution in [1.82, 2.24) is 9.97 Å². The maximum atomic E-state index is 12.7. The first-order valence-electron chi connectivity index (χ1n) is 9.65. The highest BCUT2D eigenvalue weighted by Crippen LogP contribution is 2.34. The van der Waals surface area contributed by atoms with E-state index >= 15 is 0 Å². The van der Waals surface area contributed by atoms with Gasteiger partial charge in [-0.3, -0.25) is 0 Å². The van der Waals surface area contributed by atoms with Crippen molar-refractivity contribution in [3.8, 4) is 11.4 Å². The van der Waals surface area contributed by atoms with Crippen molar-refractivity contribution < 1.29 is 19.1 Å². The van der Waals surface area contributed by atoms with Crippen LogP contribution in [0, 0.1) is 6.92 Å². The van der Waals surface area contributed by atoms with Crippen LogP contribution >= 0.6 is 0 Å². The molecule has 0 saturated heterocycles. The lowest BCUT2D eigenvalue weighted by Gasteiger charge is -2.25. The van der Waals surface area contributed by atoms with E-state index < -0.39 is 11.9 Å². The molecule has 0 atom stereocenters. The smallest absolute Gasteiger partial charge is 0.355 e. The quantitative estimate of drug-likeness (QED) is 0.648. The zero-order chi connectivity index (χ0) is 22.0. The Morgan fingerprint density at radius 1 is 0.968 bits per heavy atom. The number of fused-ring (bicyclic) bond motifs is 1. The van der Waals surface area contributed by atoms with E-state index in [0.717, 1.165) is 22.2 Å². The summed E-state index contributed by atoms with van der Waals surface area (Å²) in [6, 6.07) is 13.5. The summed E-state index contributed by atoms with van der Waals surface area (Å²) in [6.45, 7) is 1.94. The standard InChI is InChI=1S/C24H21N3O4/c1-15-16(22-25-18-11-4-5-12-19(18)26-22)10-8-13-20(15)27-14-7-6-9-17(23(28)30-2)21(27)24(29)31-3/h4-14H,1-3H3,(H,25,26). The third-order valence-electron chi connectivity index (χ3n) is 5.10. The first-order chi connectivity index (χ1) is 15.0. The molecule has 0 amide bonds. The van der Waals surface area contributed by atoms with E-state index in [1.165, 1.54) is 20.3 Å². The maximum absolute atomic E-state index is 12.7. The molecule has 0 fully saturated rings. The fourth-order valence-corrected chi connectivity index (χ4v) is 3.57. The van der Waals surface area contributed by atoms with E-state index in [2.05, 4.69) is 4.98 Å². The number of nitrogens with one attached hydrogen (secondary N) is 1. The highest BCUT2D eigenvalue weighted by atomic mass is 16.5. The van der Waals surface area contributed by atoms with Gasteiger partial charge in [-0.15, -0.1) is 0 Å². The van der Waals surface area contributed by atoms with Gasteiger partial charge in [0.05, 0.1) is 30.8 Å². The Hall–Kier alpha value is -4.13. The zero-order valence-corrected chi connectivity index (χ0v) is 17.4. The zero-order valence-electron chi connectivity index (χ0n) is 17.4. The van der Waals surface area contributed by atoms with Crippen molar-refractivity contribution in [3.63, 3.8) is 0 Å².